The minimum atomic E-state index is 0. The van der Waals surface area contributed by atoms with Crippen LogP contribution in [-0.2, 0) is 9.47 Å². The second kappa shape index (κ2) is 18.3. The van der Waals surface area contributed by atoms with E-state index >= 15 is 0 Å². The molecule has 0 aromatic rings. The third kappa shape index (κ3) is 13.1. The summed E-state index contributed by atoms with van der Waals surface area (Å²) in [6, 6.07) is 0. The number of hydrogen-bond acceptors (Lipinski definition) is 4. The first kappa shape index (κ1) is 25.9. The Kier molecular flexibility index (Phi) is 18.2. The summed E-state index contributed by atoms with van der Waals surface area (Å²) in [5, 5.41) is 15.8. The quantitative estimate of drug-likeness (QED) is 0.162. The normalized spacial score (nSPS) is 16.8. The van der Waals surface area contributed by atoms with Crippen LogP contribution in [0, 0.1) is 11.8 Å². The zero-order chi connectivity index (χ0) is 18.2. The summed E-state index contributed by atoms with van der Waals surface area (Å²) < 4.78 is 11.2. The Hall–Kier alpha value is -0.120. The lowest BCUT2D eigenvalue weighted by molar-refractivity contribution is 0.0203. The molecule has 1 atom stereocenters. The fourth-order valence-electron chi connectivity index (χ4n) is 3.02. The maximum Gasteiger partial charge on any atom is 0.191 e. The lowest BCUT2D eigenvalue weighted by Crippen LogP contribution is -2.38. The molecule has 1 aliphatic rings. The number of guanidine groups is 1. The highest BCUT2D eigenvalue weighted by molar-refractivity contribution is 14.0. The summed E-state index contributed by atoms with van der Waals surface area (Å²) in [5.74, 6) is 2.00. The predicted molar refractivity (Wildman–Crippen MR) is 118 cm³/mol. The molecule has 1 rings (SSSR count). The van der Waals surface area contributed by atoms with Gasteiger partial charge in [0.15, 0.2) is 5.96 Å². The van der Waals surface area contributed by atoms with E-state index in [1.54, 1.807) is 0 Å². The van der Waals surface area contributed by atoms with Gasteiger partial charge in [-0.1, -0.05) is 13.3 Å². The standard InChI is InChI=1S/C19H39N3O3.HI/c1-3-6-17(7-11-23)15-22-19(20-4-2)21-10-5-12-25-16-18-8-13-24-14-9-18;/h17-18,23H,3-16H2,1-2H3,(H2,20,21,22);1H. The van der Waals surface area contributed by atoms with E-state index in [4.69, 9.17) is 14.6 Å². The fourth-order valence-corrected chi connectivity index (χ4v) is 3.02. The van der Waals surface area contributed by atoms with Crippen molar-refractivity contribution in [2.45, 2.75) is 52.4 Å². The monoisotopic (exact) mass is 485 g/mol. The van der Waals surface area contributed by atoms with Gasteiger partial charge in [0.2, 0.25) is 0 Å². The van der Waals surface area contributed by atoms with Crippen LogP contribution in [0.3, 0.4) is 0 Å². The first-order valence-electron chi connectivity index (χ1n) is 10.1. The third-order valence-electron chi connectivity index (χ3n) is 4.54. The number of hydrogen-bond donors (Lipinski definition) is 3. The van der Waals surface area contributed by atoms with Gasteiger partial charge in [-0.15, -0.1) is 24.0 Å². The molecule has 3 N–H and O–H groups in total. The molecule has 1 aliphatic heterocycles. The number of nitrogens with zero attached hydrogens (tertiary/aromatic N) is 1. The highest BCUT2D eigenvalue weighted by Gasteiger charge is 2.13. The molecule has 0 radical (unpaired) electrons. The Morgan fingerprint density at radius 3 is 2.65 bits per heavy atom. The number of nitrogens with one attached hydrogen (secondary N) is 2. The van der Waals surface area contributed by atoms with Crippen molar-refractivity contribution in [3.8, 4) is 0 Å². The molecule has 0 spiro atoms. The van der Waals surface area contributed by atoms with E-state index in [0.717, 1.165) is 90.5 Å². The molecule has 6 nitrogen and oxygen atoms in total. The number of aliphatic hydroxyl groups is 1. The minimum absolute atomic E-state index is 0. The second-order valence-corrected chi connectivity index (χ2v) is 6.80. The van der Waals surface area contributed by atoms with Gasteiger partial charge in [0.25, 0.3) is 0 Å². The van der Waals surface area contributed by atoms with Crippen molar-refractivity contribution in [2.75, 3.05) is 52.7 Å². The number of aliphatic imine (C=N–C) groups is 1. The maximum atomic E-state index is 9.15. The van der Waals surface area contributed by atoms with Crippen LogP contribution >= 0.6 is 24.0 Å². The van der Waals surface area contributed by atoms with E-state index < -0.39 is 0 Å². The van der Waals surface area contributed by atoms with Crippen molar-refractivity contribution in [2.24, 2.45) is 16.8 Å². The van der Waals surface area contributed by atoms with Gasteiger partial charge < -0.3 is 25.2 Å². The molecule has 0 aromatic heterocycles. The Morgan fingerprint density at radius 1 is 1.23 bits per heavy atom. The lowest BCUT2D eigenvalue weighted by atomic mass is 10.0. The molecule has 1 saturated heterocycles. The molecule has 26 heavy (non-hydrogen) atoms. The highest BCUT2D eigenvalue weighted by atomic mass is 127. The van der Waals surface area contributed by atoms with Crippen LogP contribution in [0.25, 0.3) is 0 Å². The first-order chi connectivity index (χ1) is 12.3. The molecule has 1 unspecified atom stereocenters. The highest BCUT2D eigenvalue weighted by Crippen LogP contribution is 2.14. The van der Waals surface area contributed by atoms with Gasteiger partial charge in [0, 0.05) is 52.7 Å². The van der Waals surface area contributed by atoms with Gasteiger partial charge in [0.1, 0.15) is 0 Å². The molecule has 0 amide bonds. The van der Waals surface area contributed by atoms with Gasteiger partial charge in [-0.2, -0.15) is 0 Å². The van der Waals surface area contributed by atoms with Crippen LogP contribution in [0.15, 0.2) is 4.99 Å². The Morgan fingerprint density at radius 2 is 2.00 bits per heavy atom. The summed E-state index contributed by atoms with van der Waals surface area (Å²) in [7, 11) is 0. The Balaban J connectivity index is 0.00000625. The van der Waals surface area contributed by atoms with Gasteiger partial charge in [-0.25, -0.2) is 0 Å². The van der Waals surface area contributed by atoms with Crippen LogP contribution < -0.4 is 10.6 Å². The van der Waals surface area contributed by atoms with E-state index in [2.05, 4.69) is 29.5 Å². The van der Waals surface area contributed by atoms with Crippen molar-refractivity contribution < 1.29 is 14.6 Å². The molecule has 0 aromatic carbocycles. The van der Waals surface area contributed by atoms with E-state index in [1.165, 1.54) is 0 Å². The van der Waals surface area contributed by atoms with Gasteiger partial charge >= 0.3 is 0 Å². The lowest BCUT2D eigenvalue weighted by Gasteiger charge is -2.21. The third-order valence-corrected chi connectivity index (χ3v) is 4.54. The van der Waals surface area contributed by atoms with E-state index in [1.807, 2.05) is 0 Å². The Labute approximate surface area is 176 Å². The number of aliphatic hydroxyl groups excluding tert-OH is 1. The summed E-state index contributed by atoms with van der Waals surface area (Å²) in [6.07, 6.45) is 6.31. The summed E-state index contributed by atoms with van der Waals surface area (Å²) in [4.78, 5) is 4.67. The van der Waals surface area contributed by atoms with Crippen LogP contribution in [-0.4, -0.2) is 63.7 Å². The largest absolute Gasteiger partial charge is 0.396 e. The van der Waals surface area contributed by atoms with Gasteiger partial charge in [0.05, 0.1) is 0 Å². The van der Waals surface area contributed by atoms with Crippen molar-refractivity contribution in [3.63, 3.8) is 0 Å². The molecule has 156 valence electrons. The topological polar surface area (TPSA) is 75.1 Å². The number of halogens is 1. The minimum Gasteiger partial charge on any atom is -0.396 e. The average Bonchev–Trinajstić information content (AvgIpc) is 2.63. The van der Waals surface area contributed by atoms with Crippen molar-refractivity contribution >= 4 is 29.9 Å². The van der Waals surface area contributed by atoms with Crippen LogP contribution in [0.2, 0.25) is 0 Å². The van der Waals surface area contributed by atoms with Crippen molar-refractivity contribution in [1.29, 1.82) is 0 Å². The molecular weight excluding hydrogens is 445 g/mol. The van der Waals surface area contributed by atoms with Crippen molar-refractivity contribution in [1.82, 2.24) is 10.6 Å². The van der Waals surface area contributed by atoms with E-state index in [9.17, 15) is 0 Å². The van der Waals surface area contributed by atoms with Gasteiger partial charge in [-0.05, 0) is 50.9 Å². The van der Waals surface area contributed by atoms with Crippen LogP contribution in [0.5, 0.6) is 0 Å². The van der Waals surface area contributed by atoms with E-state index in [0.29, 0.717) is 11.8 Å². The second-order valence-electron chi connectivity index (χ2n) is 6.80. The zero-order valence-corrected chi connectivity index (χ0v) is 19.0. The molecule has 7 heteroatoms. The number of ether oxygens (including phenoxy) is 2. The summed E-state index contributed by atoms with van der Waals surface area (Å²) in [5.41, 5.74) is 0. The predicted octanol–water partition coefficient (Wildman–Crippen LogP) is 2.79. The SMILES string of the molecule is CCCC(CCO)CN=C(NCC)NCCCOCC1CCOCC1.I. The molecule has 0 saturated carbocycles. The van der Waals surface area contributed by atoms with Crippen LogP contribution in [0.4, 0.5) is 0 Å². The van der Waals surface area contributed by atoms with Crippen molar-refractivity contribution in [3.05, 3.63) is 0 Å². The van der Waals surface area contributed by atoms with Gasteiger partial charge in [-0.3, -0.25) is 4.99 Å². The summed E-state index contributed by atoms with van der Waals surface area (Å²) in [6.45, 7) is 10.4. The first-order valence-corrected chi connectivity index (χ1v) is 10.1. The number of rotatable bonds is 13. The molecule has 1 fully saturated rings. The molecule has 0 aliphatic carbocycles. The average molecular weight is 485 g/mol. The summed E-state index contributed by atoms with van der Waals surface area (Å²) >= 11 is 0. The Bertz CT molecular complexity index is 334. The van der Waals surface area contributed by atoms with E-state index in [-0.39, 0.29) is 30.6 Å². The zero-order valence-electron chi connectivity index (χ0n) is 16.7. The fraction of sp³-hybridized carbons (Fsp3) is 0.947. The van der Waals surface area contributed by atoms with Crippen LogP contribution in [0.1, 0.15) is 52.4 Å². The molecular formula is C19H40IN3O3. The molecule has 0 bridgehead atoms. The molecule has 1 heterocycles. The maximum absolute atomic E-state index is 9.15. The smallest absolute Gasteiger partial charge is 0.191 e.